The lowest BCUT2D eigenvalue weighted by Crippen LogP contribution is -2.70. The molecule has 0 radical (unpaired) electrons. The van der Waals surface area contributed by atoms with Crippen LogP contribution in [0.25, 0.3) is 0 Å². The molecule has 3 atom stereocenters. The molecule has 2 fully saturated rings. The molecule has 1 aliphatic heterocycles. The summed E-state index contributed by atoms with van der Waals surface area (Å²) < 4.78 is 5.46. The Kier molecular flexibility index (Phi) is 3.51. The number of carbonyl (C=O) groups is 2. The third-order valence-electron chi connectivity index (χ3n) is 4.56. The van der Waals surface area contributed by atoms with Gasteiger partial charge in [0.25, 0.3) is 0 Å². The number of carboxylic acids is 1. The number of hydrogen-bond donors (Lipinski definition) is 1. The maximum Gasteiger partial charge on any atom is 0.410 e. The fraction of sp³-hybridized carbons (Fsp3) is 0.867. The Morgan fingerprint density at radius 3 is 2.40 bits per heavy atom. The maximum absolute atomic E-state index is 12.3. The van der Waals surface area contributed by atoms with Crippen molar-refractivity contribution < 1.29 is 19.4 Å². The summed E-state index contributed by atoms with van der Waals surface area (Å²) in [6.45, 7) is 10.1. The Hall–Kier alpha value is -1.26. The number of aliphatic carboxylic acids is 1. The molecule has 0 aromatic carbocycles. The third-order valence-corrected chi connectivity index (χ3v) is 4.56. The molecule has 1 aliphatic carbocycles. The molecule has 5 nitrogen and oxygen atoms in total. The molecular formula is C15H25NO4. The van der Waals surface area contributed by atoms with E-state index in [4.69, 9.17) is 4.74 Å². The van der Waals surface area contributed by atoms with Crippen LogP contribution >= 0.6 is 0 Å². The molecule has 0 aromatic rings. The van der Waals surface area contributed by atoms with Gasteiger partial charge < -0.3 is 14.7 Å². The molecule has 20 heavy (non-hydrogen) atoms. The lowest BCUT2D eigenvalue weighted by atomic mass is 9.49. The van der Waals surface area contributed by atoms with Crippen LogP contribution in [0.5, 0.6) is 0 Å². The van der Waals surface area contributed by atoms with Crippen LogP contribution < -0.4 is 0 Å². The largest absolute Gasteiger partial charge is 0.481 e. The fourth-order valence-corrected chi connectivity index (χ4v) is 3.97. The van der Waals surface area contributed by atoms with Crippen LogP contribution in [-0.2, 0) is 9.53 Å². The first-order valence-corrected chi connectivity index (χ1v) is 7.28. The summed E-state index contributed by atoms with van der Waals surface area (Å²) in [5, 5.41) is 9.38. The zero-order valence-corrected chi connectivity index (χ0v) is 13.0. The molecule has 0 aromatic heterocycles. The van der Waals surface area contributed by atoms with Crippen molar-refractivity contribution >= 4 is 12.1 Å². The lowest BCUT2D eigenvalue weighted by molar-refractivity contribution is -0.183. The predicted octanol–water partition coefficient (Wildman–Crippen LogP) is 2.74. The summed E-state index contributed by atoms with van der Waals surface area (Å²) in [5.74, 6) is -1.05. The summed E-state index contributed by atoms with van der Waals surface area (Å²) in [6, 6.07) is -0.0211. The molecule has 0 bridgehead atoms. The van der Waals surface area contributed by atoms with Crippen molar-refractivity contribution in [3.8, 4) is 0 Å². The molecule has 0 unspecified atom stereocenters. The van der Waals surface area contributed by atoms with Crippen LogP contribution in [0.15, 0.2) is 0 Å². The van der Waals surface area contributed by atoms with E-state index in [9.17, 15) is 14.7 Å². The van der Waals surface area contributed by atoms with Crippen LogP contribution in [-0.4, -0.2) is 40.3 Å². The van der Waals surface area contributed by atoms with Crippen molar-refractivity contribution in [2.75, 3.05) is 6.54 Å². The smallest absolute Gasteiger partial charge is 0.410 e. The van der Waals surface area contributed by atoms with E-state index in [1.54, 1.807) is 4.90 Å². The van der Waals surface area contributed by atoms with Gasteiger partial charge in [0.1, 0.15) is 5.60 Å². The number of ether oxygens (including phenoxy) is 1. The van der Waals surface area contributed by atoms with E-state index in [1.165, 1.54) is 0 Å². The number of piperidine rings is 1. The number of fused-ring (bicyclic) bond motifs is 1. The van der Waals surface area contributed by atoms with Crippen molar-refractivity contribution in [2.45, 2.75) is 59.1 Å². The summed E-state index contributed by atoms with van der Waals surface area (Å²) in [4.78, 5) is 25.5. The quantitative estimate of drug-likeness (QED) is 0.803. The second-order valence-electron chi connectivity index (χ2n) is 7.56. The van der Waals surface area contributed by atoms with Crippen molar-refractivity contribution in [2.24, 2.45) is 17.3 Å². The Balaban J connectivity index is 2.17. The van der Waals surface area contributed by atoms with E-state index in [2.05, 4.69) is 0 Å². The van der Waals surface area contributed by atoms with Crippen LogP contribution in [0.2, 0.25) is 0 Å². The normalized spacial score (nSPS) is 32.0. The Morgan fingerprint density at radius 1 is 1.30 bits per heavy atom. The second-order valence-corrected chi connectivity index (χ2v) is 7.56. The van der Waals surface area contributed by atoms with E-state index in [0.717, 1.165) is 12.8 Å². The molecule has 0 spiro atoms. The fourth-order valence-electron chi connectivity index (χ4n) is 3.97. The van der Waals surface area contributed by atoms with Crippen molar-refractivity contribution in [3.63, 3.8) is 0 Å². The second kappa shape index (κ2) is 4.64. The standard InChI is InChI=1S/C15H25NO4/c1-14(2,3)20-13(19)16-8-6-7-9-10(12(17)18)15(4,5)11(9)16/h9-11H,6-8H2,1-5H3,(H,17,18)/t9-,10-,11+/m1/s1. The van der Waals surface area contributed by atoms with Gasteiger partial charge in [-0.3, -0.25) is 4.79 Å². The lowest BCUT2D eigenvalue weighted by Gasteiger charge is -2.62. The van der Waals surface area contributed by atoms with Crippen LogP contribution in [0, 0.1) is 17.3 Å². The Labute approximate surface area is 120 Å². The number of hydrogen-bond acceptors (Lipinski definition) is 3. The average Bonchev–Trinajstić information content (AvgIpc) is 2.24. The number of nitrogens with zero attached hydrogens (tertiary/aromatic N) is 1. The zero-order valence-electron chi connectivity index (χ0n) is 13.0. The van der Waals surface area contributed by atoms with Crippen molar-refractivity contribution in [1.82, 2.24) is 4.90 Å². The molecule has 1 heterocycles. The van der Waals surface area contributed by atoms with Crippen molar-refractivity contribution in [3.05, 3.63) is 0 Å². The van der Waals surface area contributed by atoms with Crippen LogP contribution in [0.4, 0.5) is 4.79 Å². The summed E-state index contributed by atoms with van der Waals surface area (Å²) in [6.07, 6.45) is 1.41. The highest BCUT2D eigenvalue weighted by molar-refractivity contribution is 5.75. The monoisotopic (exact) mass is 283 g/mol. The molecule has 2 rings (SSSR count). The summed E-state index contributed by atoms with van der Waals surface area (Å²) in [7, 11) is 0. The van der Waals surface area contributed by atoms with Gasteiger partial charge in [0, 0.05) is 12.6 Å². The van der Waals surface area contributed by atoms with Gasteiger partial charge in [-0.25, -0.2) is 4.79 Å². The number of carboxylic acid groups (broad SMARTS) is 1. The minimum Gasteiger partial charge on any atom is -0.481 e. The van der Waals surface area contributed by atoms with E-state index in [-0.39, 0.29) is 24.0 Å². The Bertz CT molecular complexity index is 424. The van der Waals surface area contributed by atoms with Crippen LogP contribution in [0.3, 0.4) is 0 Å². The van der Waals surface area contributed by atoms with Gasteiger partial charge >= 0.3 is 12.1 Å². The molecule has 1 saturated heterocycles. The third kappa shape index (κ3) is 2.38. The van der Waals surface area contributed by atoms with Gasteiger partial charge in [0.15, 0.2) is 0 Å². The Morgan fingerprint density at radius 2 is 1.90 bits per heavy atom. The topological polar surface area (TPSA) is 66.8 Å². The summed E-state index contributed by atoms with van der Waals surface area (Å²) in [5.41, 5.74) is -0.919. The van der Waals surface area contributed by atoms with Crippen LogP contribution in [0.1, 0.15) is 47.5 Å². The van der Waals surface area contributed by atoms with Gasteiger partial charge in [-0.2, -0.15) is 0 Å². The zero-order chi connectivity index (χ0) is 15.3. The SMILES string of the molecule is CC(C)(C)OC(=O)N1CCC[C@H]2[C@H]1C(C)(C)[C@H]2C(=O)O. The molecule has 5 heteroatoms. The molecular weight excluding hydrogens is 258 g/mol. The van der Waals surface area contributed by atoms with Gasteiger partial charge in [-0.05, 0) is 44.9 Å². The maximum atomic E-state index is 12.3. The first kappa shape index (κ1) is 15.1. The van der Waals surface area contributed by atoms with Crippen molar-refractivity contribution in [1.29, 1.82) is 0 Å². The van der Waals surface area contributed by atoms with E-state index in [1.807, 2.05) is 34.6 Å². The predicted molar refractivity (Wildman–Crippen MR) is 74.4 cm³/mol. The molecule has 1 amide bonds. The van der Waals surface area contributed by atoms with E-state index in [0.29, 0.717) is 6.54 Å². The summed E-state index contributed by atoms with van der Waals surface area (Å²) >= 11 is 0. The molecule has 114 valence electrons. The number of likely N-dealkylation sites (tertiary alicyclic amines) is 1. The highest BCUT2D eigenvalue weighted by atomic mass is 16.6. The number of amides is 1. The molecule has 1 saturated carbocycles. The first-order valence-electron chi connectivity index (χ1n) is 7.28. The average molecular weight is 283 g/mol. The van der Waals surface area contributed by atoms with Gasteiger partial charge in [-0.1, -0.05) is 13.8 Å². The number of rotatable bonds is 1. The first-order chi connectivity index (χ1) is 9.05. The molecule has 2 aliphatic rings. The minimum absolute atomic E-state index is 0.0211. The van der Waals surface area contributed by atoms with E-state index >= 15 is 0 Å². The highest BCUT2D eigenvalue weighted by Crippen LogP contribution is 2.57. The highest BCUT2D eigenvalue weighted by Gasteiger charge is 2.63. The van der Waals surface area contributed by atoms with Gasteiger partial charge in [-0.15, -0.1) is 0 Å². The van der Waals surface area contributed by atoms with Gasteiger partial charge in [0.05, 0.1) is 5.92 Å². The minimum atomic E-state index is -0.748. The van der Waals surface area contributed by atoms with Gasteiger partial charge in [0.2, 0.25) is 0 Å². The number of carbonyl (C=O) groups excluding carboxylic acids is 1. The molecule has 1 N–H and O–H groups in total. The van der Waals surface area contributed by atoms with E-state index < -0.39 is 17.0 Å².